The highest BCUT2D eigenvalue weighted by Crippen LogP contribution is 2.30. The number of hydrogen-bond donors (Lipinski definition) is 1. The van der Waals surface area contributed by atoms with Crippen molar-refractivity contribution >= 4 is 54.0 Å². The Bertz CT molecular complexity index is 658. The summed E-state index contributed by atoms with van der Waals surface area (Å²) in [7, 11) is -3.48. The first-order valence-electron chi connectivity index (χ1n) is 4.77. The molecule has 0 aromatic heterocycles. The molecule has 0 aliphatic carbocycles. The lowest BCUT2D eigenvalue weighted by atomic mass is 10.1. The molecule has 2 aromatic rings. The predicted molar refractivity (Wildman–Crippen MR) is 74.9 cm³/mol. The molecule has 0 bridgehead atoms. The van der Waals surface area contributed by atoms with Gasteiger partial charge in [0.2, 0.25) is 10.0 Å². The lowest BCUT2D eigenvalue weighted by Gasteiger charge is -2.09. The normalized spacial score (nSPS) is 11.6. The minimum absolute atomic E-state index is 0.461. The van der Waals surface area contributed by atoms with Crippen molar-refractivity contribution < 1.29 is 8.42 Å². The van der Waals surface area contributed by atoms with Gasteiger partial charge >= 0.3 is 0 Å². The Morgan fingerprint density at radius 1 is 1.12 bits per heavy atom. The van der Waals surface area contributed by atoms with E-state index in [1.165, 1.54) is 0 Å². The minimum Gasteiger partial charge on any atom is -0.282 e. The molecule has 0 saturated heterocycles. The number of halogens is 2. The fraction of sp³-hybridized carbons (Fsp3) is 0.0909. The van der Waals surface area contributed by atoms with Crippen LogP contribution in [0.3, 0.4) is 0 Å². The maximum Gasteiger partial charge on any atom is 0.246 e. The number of fused-ring (bicyclic) bond motifs is 1. The number of sulfonamides is 1. The van der Waals surface area contributed by atoms with Crippen molar-refractivity contribution in [2.45, 2.75) is 0 Å². The van der Waals surface area contributed by atoms with Crippen LogP contribution in [-0.4, -0.2) is 13.6 Å². The number of hydrogen-bond acceptors (Lipinski definition) is 2. The second-order valence-corrected chi connectivity index (χ2v) is 6.63. The third kappa shape index (κ3) is 2.73. The monoisotopic (exact) mass is 333 g/mol. The molecule has 6 heteroatoms. The first kappa shape index (κ1) is 12.7. The molecular weight excluding hydrogens is 326 g/mol. The maximum absolute atomic E-state index is 11.4. The van der Waals surface area contributed by atoms with E-state index in [9.17, 15) is 8.42 Å². The van der Waals surface area contributed by atoms with Gasteiger partial charge in [-0.2, -0.15) is 0 Å². The standard InChI is InChI=1S/C11H9BrClNO2S/c12-10-5-6-11(14-17(15,16)7-13)9-4-2-1-3-8(9)10/h1-6,14H,7H2. The minimum atomic E-state index is -3.48. The highest BCUT2D eigenvalue weighted by atomic mass is 79.9. The number of rotatable bonds is 3. The molecule has 0 unspecified atom stereocenters. The van der Waals surface area contributed by atoms with E-state index < -0.39 is 15.2 Å². The van der Waals surface area contributed by atoms with Gasteiger partial charge in [0.05, 0.1) is 5.69 Å². The van der Waals surface area contributed by atoms with Crippen LogP contribution in [0.25, 0.3) is 10.8 Å². The summed E-state index contributed by atoms with van der Waals surface area (Å²) in [5.74, 6) is 0. The second-order valence-electron chi connectivity index (χ2n) is 3.47. The van der Waals surface area contributed by atoms with Crippen molar-refractivity contribution in [1.82, 2.24) is 0 Å². The van der Waals surface area contributed by atoms with E-state index in [1.807, 2.05) is 24.3 Å². The SMILES string of the molecule is O=S(=O)(CCl)Nc1ccc(Br)c2ccccc12. The Balaban J connectivity index is 2.60. The van der Waals surface area contributed by atoms with Crippen LogP contribution in [-0.2, 0) is 10.0 Å². The van der Waals surface area contributed by atoms with Crippen molar-refractivity contribution in [1.29, 1.82) is 0 Å². The molecule has 0 atom stereocenters. The smallest absolute Gasteiger partial charge is 0.246 e. The van der Waals surface area contributed by atoms with Gasteiger partial charge in [-0.25, -0.2) is 8.42 Å². The zero-order valence-electron chi connectivity index (χ0n) is 8.65. The predicted octanol–water partition coefficient (Wildman–Crippen LogP) is 3.54. The molecule has 0 fully saturated rings. The molecule has 2 aromatic carbocycles. The Labute approximate surface area is 113 Å². The number of alkyl halides is 1. The summed E-state index contributed by atoms with van der Waals surface area (Å²) in [6.07, 6.45) is 0. The molecule has 0 spiro atoms. The highest BCUT2D eigenvalue weighted by molar-refractivity contribution is 9.10. The van der Waals surface area contributed by atoms with Gasteiger partial charge in [-0.05, 0) is 17.5 Å². The molecule has 0 aliphatic rings. The van der Waals surface area contributed by atoms with E-state index in [4.69, 9.17) is 11.6 Å². The van der Waals surface area contributed by atoms with Gasteiger partial charge in [0.15, 0.2) is 0 Å². The quantitative estimate of drug-likeness (QED) is 0.873. The van der Waals surface area contributed by atoms with Gasteiger partial charge in [0, 0.05) is 9.86 Å². The highest BCUT2D eigenvalue weighted by Gasteiger charge is 2.11. The van der Waals surface area contributed by atoms with E-state index in [-0.39, 0.29) is 0 Å². The van der Waals surface area contributed by atoms with Crippen LogP contribution in [0.1, 0.15) is 0 Å². The fourth-order valence-electron chi connectivity index (χ4n) is 1.55. The fourth-order valence-corrected chi connectivity index (χ4v) is 2.76. The van der Waals surface area contributed by atoms with E-state index in [2.05, 4.69) is 20.7 Å². The van der Waals surface area contributed by atoms with Crippen LogP contribution in [0.4, 0.5) is 5.69 Å². The van der Waals surface area contributed by atoms with E-state index >= 15 is 0 Å². The van der Waals surface area contributed by atoms with Crippen molar-refractivity contribution in [2.24, 2.45) is 0 Å². The van der Waals surface area contributed by atoms with Crippen molar-refractivity contribution in [3.05, 3.63) is 40.9 Å². The molecule has 0 amide bonds. The number of nitrogens with one attached hydrogen (secondary N) is 1. The average molecular weight is 335 g/mol. The molecule has 0 saturated carbocycles. The summed E-state index contributed by atoms with van der Waals surface area (Å²) in [6, 6.07) is 11.0. The lowest BCUT2D eigenvalue weighted by Crippen LogP contribution is -2.13. The molecular formula is C11H9BrClNO2S. The third-order valence-electron chi connectivity index (χ3n) is 2.28. The molecule has 3 nitrogen and oxygen atoms in total. The first-order valence-corrected chi connectivity index (χ1v) is 7.75. The van der Waals surface area contributed by atoms with E-state index in [1.54, 1.807) is 12.1 Å². The second kappa shape index (κ2) is 4.84. The summed E-state index contributed by atoms with van der Waals surface area (Å²) >= 11 is 8.79. The van der Waals surface area contributed by atoms with Crippen molar-refractivity contribution in [3.63, 3.8) is 0 Å². The first-order chi connectivity index (χ1) is 8.03. The van der Waals surface area contributed by atoms with Crippen LogP contribution in [0.5, 0.6) is 0 Å². The zero-order chi connectivity index (χ0) is 12.5. The lowest BCUT2D eigenvalue weighted by molar-refractivity contribution is 0.605. The van der Waals surface area contributed by atoms with Gasteiger partial charge in [0.25, 0.3) is 0 Å². The Hall–Kier alpha value is -0.780. The Morgan fingerprint density at radius 2 is 1.76 bits per heavy atom. The van der Waals surface area contributed by atoms with Gasteiger partial charge in [-0.1, -0.05) is 40.2 Å². The van der Waals surface area contributed by atoms with Crippen LogP contribution < -0.4 is 4.72 Å². The topological polar surface area (TPSA) is 46.2 Å². The number of anilines is 1. The summed E-state index contributed by atoms with van der Waals surface area (Å²) < 4.78 is 26.3. The molecule has 0 heterocycles. The molecule has 90 valence electrons. The van der Waals surface area contributed by atoms with Crippen LogP contribution >= 0.6 is 27.5 Å². The molecule has 0 aliphatic heterocycles. The van der Waals surface area contributed by atoms with Gasteiger partial charge < -0.3 is 0 Å². The molecule has 2 rings (SSSR count). The van der Waals surface area contributed by atoms with Gasteiger partial charge in [-0.3, -0.25) is 4.72 Å². The van der Waals surface area contributed by atoms with Gasteiger partial charge in [-0.15, -0.1) is 11.6 Å². The average Bonchev–Trinajstić information content (AvgIpc) is 2.33. The Morgan fingerprint density at radius 3 is 2.41 bits per heavy atom. The maximum atomic E-state index is 11.4. The van der Waals surface area contributed by atoms with E-state index in [0.29, 0.717) is 5.69 Å². The Kier molecular flexibility index (Phi) is 3.61. The van der Waals surface area contributed by atoms with Crippen LogP contribution in [0.2, 0.25) is 0 Å². The summed E-state index contributed by atoms with van der Waals surface area (Å²) in [5, 5.41) is 1.31. The van der Waals surface area contributed by atoms with Crippen molar-refractivity contribution in [2.75, 3.05) is 9.93 Å². The molecule has 0 radical (unpaired) electrons. The largest absolute Gasteiger partial charge is 0.282 e. The summed E-state index contributed by atoms with van der Waals surface area (Å²) in [5.41, 5.74) is 0.532. The molecule has 1 N–H and O–H groups in total. The van der Waals surface area contributed by atoms with Crippen LogP contribution in [0, 0.1) is 0 Å². The molecule has 17 heavy (non-hydrogen) atoms. The van der Waals surface area contributed by atoms with Gasteiger partial charge in [0.1, 0.15) is 5.21 Å². The summed E-state index contributed by atoms with van der Waals surface area (Å²) in [6.45, 7) is 0. The van der Waals surface area contributed by atoms with E-state index in [0.717, 1.165) is 15.2 Å². The zero-order valence-corrected chi connectivity index (χ0v) is 11.8. The summed E-state index contributed by atoms with van der Waals surface area (Å²) in [4.78, 5) is 0. The van der Waals surface area contributed by atoms with Crippen molar-refractivity contribution in [3.8, 4) is 0 Å². The number of benzene rings is 2. The van der Waals surface area contributed by atoms with Crippen LogP contribution in [0.15, 0.2) is 40.9 Å². The third-order valence-corrected chi connectivity index (χ3v) is 4.65.